The number of nitro groups is 1. The molecule has 0 amide bonds. The van der Waals surface area contributed by atoms with Gasteiger partial charge in [0, 0.05) is 6.07 Å². The molecule has 0 radical (unpaired) electrons. The van der Waals surface area contributed by atoms with Gasteiger partial charge >= 0.3 is 0 Å². The van der Waals surface area contributed by atoms with Gasteiger partial charge in [-0.15, -0.1) is 0 Å². The van der Waals surface area contributed by atoms with Gasteiger partial charge < -0.3 is 5.73 Å². The molecule has 0 spiro atoms. The SMILES string of the molecule is Nc1cc(Cc2ccccc2)ccc1[N+](=O)[O-]. The minimum Gasteiger partial charge on any atom is -0.393 e. The topological polar surface area (TPSA) is 69.2 Å². The minimum absolute atomic E-state index is 0.0400. The van der Waals surface area contributed by atoms with E-state index in [-0.39, 0.29) is 11.4 Å². The Morgan fingerprint density at radius 3 is 2.35 bits per heavy atom. The van der Waals surface area contributed by atoms with Crippen LogP contribution < -0.4 is 5.73 Å². The van der Waals surface area contributed by atoms with Crippen LogP contribution in [-0.4, -0.2) is 4.92 Å². The van der Waals surface area contributed by atoms with E-state index in [0.717, 1.165) is 17.5 Å². The van der Waals surface area contributed by atoms with Crippen molar-refractivity contribution in [3.63, 3.8) is 0 Å². The molecular formula is C13H12N2O2. The molecule has 0 bridgehead atoms. The molecule has 0 unspecified atom stereocenters. The summed E-state index contributed by atoms with van der Waals surface area (Å²) in [6.07, 6.45) is 0.725. The summed E-state index contributed by atoms with van der Waals surface area (Å²) in [5.74, 6) is 0. The standard InChI is InChI=1S/C13H12N2O2/c14-12-9-11(6-7-13(12)15(16)17)8-10-4-2-1-3-5-10/h1-7,9H,8,14H2. The zero-order chi connectivity index (χ0) is 12.3. The van der Waals surface area contributed by atoms with Gasteiger partial charge in [-0.2, -0.15) is 0 Å². The predicted molar refractivity (Wildman–Crippen MR) is 66.8 cm³/mol. The molecule has 4 heteroatoms. The van der Waals surface area contributed by atoms with Crippen LogP contribution in [0.15, 0.2) is 48.5 Å². The highest BCUT2D eigenvalue weighted by Gasteiger charge is 2.10. The molecule has 2 aromatic rings. The van der Waals surface area contributed by atoms with Crippen molar-refractivity contribution in [3.05, 3.63) is 69.8 Å². The molecule has 17 heavy (non-hydrogen) atoms. The van der Waals surface area contributed by atoms with Crippen LogP contribution in [0.2, 0.25) is 0 Å². The maximum absolute atomic E-state index is 10.6. The van der Waals surface area contributed by atoms with Crippen molar-refractivity contribution in [3.8, 4) is 0 Å². The lowest BCUT2D eigenvalue weighted by Gasteiger charge is -2.03. The Balaban J connectivity index is 2.24. The van der Waals surface area contributed by atoms with Crippen molar-refractivity contribution in [2.45, 2.75) is 6.42 Å². The summed E-state index contributed by atoms with van der Waals surface area (Å²) in [5.41, 5.74) is 7.93. The number of rotatable bonds is 3. The lowest BCUT2D eigenvalue weighted by atomic mass is 10.0. The third-order valence-electron chi connectivity index (χ3n) is 2.54. The van der Waals surface area contributed by atoms with Crippen LogP contribution in [0.4, 0.5) is 11.4 Å². The van der Waals surface area contributed by atoms with Crippen LogP contribution in [0, 0.1) is 10.1 Å². The third-order valence-corrected chi connectivity index (χ3v) is 2.54. The molecule has 0 heterocycles. The second-order valence-electron chi connectivity index (χ2n) is 3.81. The summed E-state index contributed by atoms with van der Waals surface area (Å²) >= 11 is 0. The maximum Gasteiger partial charge on any atom is 0.292 e. The summed E-state index contributed by atoms with van der Waals surface area (Å²) in [5, 5.41) is 10.6. The average Bonchev–Trinajstić information content (AvgIpc) is 2.30. The molecule has 2 aromatic carbocycles. The number of benzene rings is 2. The predicted octanol–water partition coefficient (Wildman–Crippen LogP) is 2.77. The Hall–Kier alpha value is -2.36. The fourth-order valence-corrected chi connectivity index (χ4v) is 1.71. The number of nitrogens with zero attached hydrogens (tertiary/aromatic N) is 1. The van der Waals surface area contributed by atoms with Gasteiger partial charge in [-0.3, -0.25) is 10.1 Å². The van der Waals surface area contributed by atoms with E-state index in [0.29, 0.717) is 0 Å². The monoisotopic (exact) mass is 228 g/mol. The number of nitrogens with two attached hydrogens (primary N) is 1. The highest BCUT2D eigenvalue weighted by molar-refractivity contribution is 5.59. The minimum atomic E-state index is -0.471. The summed E-state index contributed by atoms with van der Waals surface area (Å²) in [4.78, 5) is 10.1. The first-order chi connectivity index (χ1) is 8.16. The molecule has 0 atom stereocenters. The van der Waals surface area contributed by atoms with Crippen molar-refractivity contribution >= 4 is 11.4 Å². The van der Waals surface area contributed by atoms with E-state index in [4.69, 9.17) is 5.73 Å². The quantitative estimate of drug-likeness (QED) is 0.499. The smallest absolute Gasteiger partial charge is 0.292 e. The van der Waals surface area contributed by atoms with Gasteiger partial charge in [0.05, 0.1) is 4.92 Å². The van der Waals surface area contributed by atoms with Crippen molar-refractivity contribution in [1.29, 1.82) is 0 Å². The lowest BCUT2D eigenvalue weighted by molar-refractivity contribution is -0.383. The van der Waals surface area contributed by atoms with E-state index >= 15 is 0 Å². The summed E-state index contributed by atoms with van der Waals surface area (Å²) in [6, 6.07) is 14.7. The fraction of sp³-hybridized carbons (Fsp3) is 0.0769. The highest BCUT2D eigenvalue weighted by Crippen LogP contribution is 2.23. The van der Waals surface area contributed by atoms with E-state index in [1.807, 2.05) is 30.3 Å². The van der Waals surface area contributed by atoms with Gasteiger partial charge in [0.2, 0.25) is 0 Å². The van der Waals surface area contributed by atoms with E-state index < -0.39 is 4.92 Å². The molecule has 0 aliphatic carbocycles. The molecule has 2 N–H and O–H groups in total. The Bertz CT molecular complexity index is 538. The van der Waals surface area contributed by atoms with Gasteiger partial charge in [0.15, 0.2) is 0 Å². The normalized spacial score (nSPS) is 10.1. The van der Waals surface area contributed by atoms with E-state index in [2.05, 4.69) is 0 Å². The Morgan fingerprint density at radius 1 is 1.06 bits per heavy atom. The van der Waals surface area contributed by atoms with Crippen LogP contribution in [0.1, 0.15) is 11.1 Å². The first kappa shape index (κ1) is 11.1. The van der Waals surface area contributed by atoms with E-state index in [1.54, 1.807) is 12.1 Å². The summed E-state index contributed by atoms with van der Waals surface area (Å²) < 4.78 is 0. The van der Waals surface area contributed by atoms with Crippen LogP contribution in [0.3, 0.4) is 0 Å². The molecular weight excluding hydrogens is 216 g/mol. The molecule has 0 aliphatic rings. The molecule has 0 saturated heterocycles. The van der Waals surface area contributed by atoms with Gasteiger partial charge in [-0.1, -0.05) is 36.4 Å². The molecule has 86 valence electrons. The molecule has 0 aromatic heterocycles. The van der Waals surface area contributed by atoms with Crippen LogP contribution in [0.5, 0.6) is 0 Å². The number of hydrogen-bond donors (Lipinski definition) is 1. The fourth-order valence-electron chi connectivity index (χ4n) is 1.71. The average molecular weight is 228 g/mol. The second kappa shape index (κ2) is 4.65. The van der Waals surface area contributed by atoms with Gasteiger partial charge in [-0.05, 0) is 23.6 Å². The van der Waals surface area contributed by atoms with Crippen molar-refractivity contribution in [1.82, 2.24) is 0 Å². The number of nitro benzene ring substituents is 1. The Kier molecular flexibility index (Phi) is 3.05. The Morgan fingerprint density at radius 2 is 1.76 bits per heavy atom. The number of hydrogen-bond acceptors (Lipinski definition) is 3. The molecule has 0 aliphatic heterocycles. The van der Waals surface area contributed by atoms with Crippen LogP contribution in [-0.2, 0) is 6.42 Å². The molecule has 0 saturated carbocycles. The molecule has 0 fully saturated rings. The summed E-state index contributed by atoms with van der Waals surface area (Å²) in [7, 11) is 0. The van der Waals surface area contributed by atoms with Gasteiger partial charge in [-0.25, -0.2) is 0 Å². The van der Waals surface area contributed by atoms with Crippen molar-refractivity contribution < 1.29 is 4.92 Å². The van der Waals surface area contributed by atoms with E-state index in [1.165, 1.54) is 6.07 Å². The second-order valence-corrected chi connectivity index (χ2v) is 3.81. The summed E-state index contributed by atoms with van der Waals surface area (Å²) in [6.45, 7) is 0. The maximum atomic E-state index is 10.6. The van der Waals surface area contributed by atoms with Gasteiger partial charge in [0.1, 0.15) is 5.69 Å². The van der Waals surface area contributed by atoms with Crippen LogP contribution in [0.25, 0.3) is 0 Å². The van der Waals surface area contributed by atoms with Crippen molar-refractivity contribution in [2.24, 2.45) is 0 Å². The lowest BCUT2D eigenvalue weighted by Crippen LogP contribution is -1.97. The van der Waals surface area contributed by atoms with Crippen LogP contribution >= 0.6 is 0 Å². The zero-order valence-corrected chi connectivity index (χ0v) is 9.17. The van der Waals surface area contributed by atoms with Gasteiger partial charge in [0.25, 0.3) is 5.69 Å². The van der Waals surface area contributed by atoms with Crippen molar-refractivity contribution in [2.75, 3.05) is 5.73 Å². The highest BCUT2D eigenvalue weighted by atomic mass is 16.6. The first-order valence-corrected chi connectivity index (χ1v) is 5.23. The molecule has 2 rings (SSSR count). The Labute approximate surface area is 98.8 Å². The number of anilines is 1. The first-order valence-electron chi connectivity index (χ1n) is 5.23. The zero-order valence-electron chi connectivity index (χ0n) is 9.17. The number of nitrogen functional groups attached to an aromatic ring is 1. The third kappa shape index (κ3) is 2.60. The largest absolute Gasteiger partial charge is 0.393 e. The van der Waals surface area contributed by atoms with E-state index in [9.17, 15) is 10.1 Å². The molecule has 4 nitrogen and oxygen atoms in total.